The summed E-state index contributed by atoms with van der Waals surface area (Å²) in [5.41, 5.74) is 0. The highest BCUT2D eigenvalue weighted by Crippen LogP contribution is 2.22. The Balaban J connectivity index is 1.37. The van der Waals surface area contributed by atoms with Gasteiger partial charge in [-0.15, -0.1) is 0 Å². The fourth-order valence-electron chi connectivity index (χ4n) is 4.26. The van der Waals surface area contributed by atoms with Crippen LogP contribution in [0.1, 0.15) is 44.9 Å². The Hall–Kier alpha value is -0.120. The van der Waals surface area contributed by atoms with Gasteiger partial charge in [0.15, 0.2) is 0 Å². The SMILES string of the molecule is C(CC1CCNCC1)CN1CCCN2CCCC2C1. The lowest BCUT2D eigenvalue weighted by Gasteiger charge is -2.27. The van der Waals surface area contributed by atoms with Crippen molar-refractivity contribution in [2.24, 2.45) is 5.92 Å². The van der Waals surface area contributed by atoms with Crippen LogP contribution >= 0.6 is 0 Å². The predicted octanol–water partition coefficient (Wildman–Crippen LogP) is 1.94. The Kier molecular flexibility index (Phi) is 5.14. The summed E-state index contributed by atoms with van der Waals surface area (Å²) in [4.78, 5) is 5.50. The minimum Gasteiger partial charge on any atom is -0.317 e. The van der Waals surface area contributed by atoms with Crippen molar-refractivity contribution in [1.82, 2.24) is 15.1 Å². The molecule has 1 atom stereocenters. The molecule has 3 heteroatoms. The van der Waals surface area contributed by atoms with E-state index in [0.717, 1.165) is 12.0 Å². The molecule has 0 spiro atoms. The second kappa shape index (κ2) is 7.05. The van der Waals surface area contributed by atoms with E-state index in [1.807, 2.05) is 0 Å². The van der Waals surface area contributed by atoms with Crippen molar-refractivity contribution in [2.45, 2.75) is 51.0 Å². The summed E-state index contributed by atoms with van der Waals surface area (Å²) in [5, 5.41) is 3.47. The Labute approximate surface area is 118 Å². The maximum atomic E-state index is 3.47. The first-order valence-electron chi connectivity index (χ1n) is 8.59. The molecule has 110 valence electrons. The molecule has 0 radical (unpaired) electrons. The number of fused-ring (bicyclic) bond motifs is 1. The second-order valence-electron chi connectivity index (χ2n) is 6.82. The van der Waals surface area contributed by atoms with Crippen molar-refractivity contribution >= 4 is 0 Å². The fourth-order valence-corrected chi connectivity index (χ4v) is 4.26. The van der Waals surface area contributed by atoms with Crippen LogP contribution in [0.3, 0.4) is 0 Å². The largest absolute Gasteiger partial charge is 0.317 e. The molecule has 19 heavy (non-hydrogen) atoms. The van der Waals surface area contributed by atoms with Crippen LogP contribution in [-0.4, -0.2) is 61.7 Å². The van der Waals surface area contributed by atoms with Gasteiger partial charge in [-0.05, 0) is 90.1 Å². The van der Waals surface area contributed by atoms with E-state index in [2.05, 4.69) is 15.1 Å². The van der Waals surface area contributed by atoms with Crippen LogP contribution in [0.2, 0.25) is 0 Å². The normalized spacial score (nSPS) is 31.3. The summed E-state index contributed by atoms with van der Waals surface area (Å²) < 4.78 is 0. The molecule has 3 aliphatic rings. The van der Waals surface area contributed by atoms with E-state index >= 15 is 0 Å². The minimum atomic E-state index is 0.890. The Morgan fingerprint density at radius 2 is 1.79 bits per heavy atom. The summed E-state index contributed by atoms with van der Waals surface area (Å²) in [5.74, 6) is 1.01. The highest BCUT2D eigenvalue weighted by molar-refractivity contribution is 4.85. The van der Waals surface area contributed by atoms with Gasteiger partial charge >= 0.3 is 0 Å². The van der Waals surface area contributed by atoms with Gasteiger partial charge in [0.25, 0.3) is 0 Å². The lowest BCUT2D eigenvalue weighted by Crippen LogP contribution is -2.37. The van der Waals surface area contributed by atoms with Crippen LogP contribution in [0, 0.1) is 5.92 Å². The van der Waals surface area contributed by atoms with E-state index < -0.39 is 0 Å². The Morgan fingerprint density at radius 1 is 0.947 bits per heavy atom. The van der Waals surface area contributed by atoms with Crippen LogP contribution in [0.25, 0.3) is 0 Å². The van der Waals surface area contributed by atoms with Gasteiger partial charge in [0.1, 0.15) is 0 Å². The third kappa shape index (κ3) is 3.93. The van der Waals surface area contributed by atoms with Gasteiger partial charge in [-0.25, -0.2) is 0 Å². The van der Waals surface area contributed by atoms with Crippen molar-refractivity contribution in [3.05, 3.63) is 0 Å². The van der Waals surface area contributed by atoms with Crippen LogP contribution < -0.4 is 5.32 Å². The third-order valence-electron chi connectivity index (χ3n) is 5.43. The predicted molar refractivity (Wildman–Crippen MR) is 80.5 cm³/mol. The maximum Gasteiger partial charge on any atom is 0.0223 e. The molecule has 3 rings (SSSR count). The summed E-state index contributed by atoms with van der Waals surface area (Å²) in [6.45, 7) is 9.29. The van der Waals surface area contributed by atoms with Crippen molar-refractivity contribution in [1.29, 1.82) is 0 Å². The number of piperidine rings is 1. The Bertz CT molecular complexity index is 263. The van der Waals surface area contributed by atoms with Gasteiger partial charge in [0.2, 0.25) is 0 Å². The second-order valence-corrected chi connectivity index (χ2v) is 6.82. The first kappa shape index (κ1) is 13.8. The zero-order valence-corrected chi connectivity index (χ0v) is 12.4. The first-order chi connectivity index (χ1) is 9.42. The molecule has 3 aliphatic heterocycles. The number of hydrogen-bond acceptors (Lipinski definition) is 3. The van der Waals surface area contributed by atoms with Crippen LogP contribution in [0.5, 0.6) is 0 Å². The topological polar surface area (TPSA) is 18.5 Å². The number of nitrogens with zero attached hydrogens (tertiary/aromatic N) is 2. The monoisotopic (exact) mass is 265 g/mol. The van der Waals surface area contributed by atoms with E-state index in [4.69, 9.17) is 0 Å². The molecule has 3 saturated heterocycles. The molecular formula is C16H31N3. The van der Waals surface area contributed by atoms with E-state index in [1.165, 1.54) is 90.8 Å². The van der Waals surface area contributed by atoms with Gasteiger partial charge in [-0.3, -0.25) is 4.90 Å². The zero-order valence-electron chi connectivity index (χ0n) is 12.4. The molecule has 0 aromatic rings. The molecule has 3 heterocycles. The third-order valence-corrected chi connectivity index (χ3v) is 5.43. The molecular weight excluding hydrogens is 234 g/mol. The quantitative estimate of drug-likeness (QED) is 0.838. The highest BCUT2D eigenvalue weighted by Gasteiger charge is 2.28. The average Bonchev–Trinajstić information content (AvgIpc) is 2.79. The number of hydrogen-bond donors (Lipinski definition) is 1. The van der Waals surface area contributed by atoms with Crippen molar-refractivity contribution < 1.29 is 0 Å². The van der Waals surface area contributed by atoms with E-state index in [0.29, 0.717) is 0 Å². The van der Waals surface area contributed by atoms with Gasteiger partial charge < -0.3 is 10.2 Å². The maximum absolute atomic E-state index is 3.47. The molecule has 0 saturated carbocycles. The molecule has 3 fully saturated rings. The van der Waals surface area contributed by atoms with Gasteiger partial charge in [-0.1, -0.05) is 0 Å². The molecule has 3 nitrogen and oxygen atoms in total. The molecule has 0 aromatic carbocycles. The number of rotatable bonds is 4. The molecule has 0 aliphatic carbocycles. The smallest absolute Gasteiger partial charge is 0.0223 e. The molecule has 0 amide bonds. The lowest BCUT2D eigenvalue weighted by molar-refractivity contribution is 0.212. The highest BCUT2D eigenvalue weighted by atomic mass is 15.3. The molecule has 1 unspecified atom stereocenters. The van der Waals surface area contributed by atoms with Gasteiger partial charge in [0, 0.05) is 12.6 Å². The van der Waals surface area contributed by atoms with Crippen LogP contribution in [0.15, 0.2) is 0 Å². The molecule has 0 bridgehead atoms. The van der Waals surface area contributed by atoms with Crippen molar-refractivity contribution in [3.63, 3.8) is 0 Å². The standard InChI is InChI=1S/C16H31N3/c1(4-15-6-8-17-9-7-15)10-18-11-3-13-19-12-2-5-16(19)14-18/h15-17H,1-14H2. The van der Waals surface area contributed by atoms with Gasteiger partial charge in [-0.2, -0.15) is 0 Å². The average molecular weight is 265 g/mol. The van der Waals surface area contributed by atoms with Crippen LogP contribution in [0.4, 0.5) is 0 Å². The van der Waals surface area contributed by atoms with E-state index in [-0.39, 0.29) is 0 Å². The first-order valence-corrected chi connectivity index (χ1v) is 8.59. The molecule has 0 aromatic heterocycles. The van der Waals surface area contributed by atoms with E-state index in [1.54, 1.807) is 0 Å². The minimum absolute atomic E-state index is 0.890. The summed E-state index contributed by atoms with van der Waals surface area (Å²) in [6, 6.07) is 0.890. The fraction of sp³-hybridized carbons (Fsp3) is 1.00. The molecule has 1 N–H and O–H groups in total. The summed E-state index contributed by atoms with van der Waals surface area (Å²) in [7, 11) is 0. The zero-order chi connectivity index (χ0) is 12.9. The van der Waals surface area contributed by atoms with Gasteiger partial charge in [0.05, 0.1) is 0 Å². The van der Waals surface area contributed by atoms with Crippen LogP contribution in [-0.2, 0) is 0 Å². The van der Waals surface area contributed by atoms with E-state index in [9.17, 15) is 0 Å². The van der Waals surface area contributed by atoms with Crippen molar-refractivity contribution in [3.8, 4) is 0 Å². The van der Waals surface area contributed by atoms with Crippen molar-refractivity contribution in [2.75, 3.05) is 45.8 Å². The number of nitrogens with one attached hydrogen (secondary N) is 1. The Morgan fingerprint density at radius 3 is 2.68 bits per heavy atom. The summed E-state index contributed by atoms with van der Waals surface area (Å²) in [6.07, 6.45) is 10.00. The summed E-state index contributed by atoms with van der Waals surface area (Å²) >= 11 is 0. The lowest BCUT2D eigenvalue weighted by atomic mass is 9.93.